The molecule has 1 aliphatic rings. The van der Waals surface area contributed by atoms with Crippen LogP contribution in [0.15, 0.2) is 11.7 Å². The summed E-state index contributed by atoms with van der Waals surface area (Å²) < 4.78 is 5.56. The number of piperidine rings is 1. The Balaban J connectivity index is 1.92. The van der Waals surface area contributed by atoms with Crippen LogP contribution in [0.25, 0.3) is 0 Å². The lowest BCUT2D eigenvalue weighted by molar-refractivity contribution is 0.00589. The maximum absolute atomic E-state index is 12.4. The largest absolute Gasteiger partial charge is 0.444 e. The number of hydrogen-bond donors (Lipinski definition) is 0. The summed E-state index contributed by atoms with van der Waals surface area (Å²) in [4.78, 5) is 21.9. The van der Waals surface area contributed by atoms with Crippen molar-refractivity contribution < 1.29 is 9.53 Å². The molecule has 0 spiro atoms. The maximum Gasteiger partial charge on any atom is 0.410 e. The summed E-state index contributed by atoms with van der Waals surface area (Å²) in [6, 6.07) is 0.238. The zero-order valence-electron chi connectivity index (χ0n) is 14.0. The Labute approximate surface area is 137 Å². The molecule has 22 heavy (non-hydrogen) atoms. The van der Waals surface area contributed by atoms with Gasteiger partial charge in [-0.25, -0.2) is 4.79 Å². The van der Waals surface area contributed by atoms with Gasteiger partial charge in [-0.15, -0.1) is 11.3 Å². The van der Waals surface area contributed by atoms with Crippen molar-refractivity contribution in [1.82, 2.24) is 14.8 Å². The van der Waals surface area contributed by atoms with Crippen molar-refractivity contribution in [2.45, 2.75) is 58.2 Å². The summed E-state index contributed by atoms with van der Waals surface area (Å²) in [6.45, 7) is 8.30. The molecule has 0 N–H and O–H groups in total. The minimum atomic E-state index is -0.437. The Bertz CT molecular complexity index is 470. The molecule has 1 atom stereocenters. The van der Waals surface area contributed by atoms with Crippen molar-refractivity contribution in [1.29, 1.82) is 0 Å². The summed E-state index contributed by atoms with van der Waals surface area (Å²) in [6.07, 6.45) is 5.02. The molecule has 1 amide bonds. The van der Waals surface area contributed by atoms with Crippen molar-refractivity contribution in [3.05, 3.63) is 16.6 Å². The van der Waals surface area contributed by atoms with Crippen LogP contribution >= 0.6 is 11.3 Å². The summed E-state index contributed by atoms with van der Waals surface area (Å²) in [5.41, 5.74) is 1.42. The quantitative estimate of drug-likeness (QED) is 0.851. The van der Waals surface area contributed by atoms with Gasteiger partial charge in [0, 0.05) is 36.8 Å². The molecule has 2 rings (SSSR count). The first kappa shape index (κ1) is 17.2. The lowest BCUT2D eigenvalue weighted by atomic mass is 10.0. The van der Waals surface area contributed by atoms with Crippen molar-refractivity contribution in [2.75, 3.05) is 20.1 Å². The SMILES string of the molecule is CN(Cc1cncs1)C[C@@H]1CCCCN1C(=O)OC(C)(C)C. The summed E-state index contributed by atoms with van der Waals surface area (Å²) in [7, 11) is 2.10. The molecule has 2 heterocycles. The normalized spacial score (nSPS) is 19.5. The molecule has 1 fully saturated rings. The number of likely N-dealkylation sites (tertiary alicyclic amines) is 1. The van der Waals surface area contributed by atoms with E-state index in [1.165, 1.54) is 11.3 Å². The molecule has 0 radical (unpaired) electrons. The highest BCUT2D eigenvalue weighted by molar-refractivity contribution is 7.09. The predicted octanol–water partition coefficient (Wildman–Crippen LogP) is 3.36. The second kappa shape index (κ2) is 7.42. The van der Waals surface area contributed by atoms with E-state index >= 15 is 0 Å². The highest BCUT2D eigenvalue weighted by Crippen LogP contribution is 2.21. The first-order valence-electron chi connectivity index (χ1n) is 7.91. The van der Waals surface area contributed by atoms with E-state index in [4.69, 9.17) is 4.74 Å². The van der Waals surface area contributed by atoms with Crippen molar-refractivity contribution in [2.24, 2.45) is 0 Å². The monoisotopic (exact) mass is 325 g/mol. The molecular formula is C16H27N3O2S. The number of thiazole rings is 1. The summed E-state index contributed by atoms with van der Waals surface area (Å²) in [5.74, 6) is 0. The third-order valence-corrected chi connectivity index (χ3v) is 4.45. The average molecular weight is 325 g/mol. The van der Waals surface area contributed by atoms with Gasteiger partial charge < -0.3 is 9.64 Å². The topological polar surface area (TPSA) is 45.7 Å². The lowest BCUT2D eigenvalue weighted by Crippen LogP contribution is -2.50. The summed E-state index contributed by atoms with van der Waals surface area (Å²) >= 11 is 1.67. The Kier molecular flexibility index (Phi) is 5.81. The van der Waals surface area contributed by atoms with E-state index in [1.807, 2.05) is 37.4 Å². The van der Waals surface area contributed by atoms with Gasteiger partial charge in [0.2, 0.25) is 0 Å². The van der Waals surface area contributed by atoms with Crippen LogP contribution in [0.2, 0.25) is 0 Å². The molecular weight excluding hydrogens is 298 g/mol. The van der Waals surface area contributed by atoms with Gasteiger partial charge in [0.15, 0.2) is 0 Å². The van der Waals surface area contributed by atoms with Crippen molar-refractivity contribution in [3.8, 4) is 0 Å². The molecule has 1 aromatic heterocycles. The zero-order chi connectivity index (χ0) is 16.2. The van der Waals surface area contributed by atoms with Gasteiger partial charge in [-0.3, -0.25) is 9.88 Å². The second-order valence-electron chi connectivity index (χ2n) is 6.99. The number of aromatic nitrogens is 1. The maximum atomic E-state index is 12.4. The van der Waals surface area contributed by atoms with Gasteiger partial charge >= 0.3 is 6.09 Å². The predicted molar refractivity (Wildman–Crippen MR) is 89.0 cm³/mol. The van der Waals surface area contributed by atoms with Crippen molar-refractivity contribution in [3.63, 3.8) is 0 Å². The van der Waals surface area contributed by atoms with Crippen LogP contribution in [0, 0.1) is 0 Å². The molecule has 1 aromatic rings. The van der Waals surface area contributed by atoms with E-state index in [-0.39, 0.29) is 12.1 Å². The van der Waals surface area contributed by atoms with E-state index in [1.54, 1.807) is 11.3 Å². The zero-order valence-corrected chi connectivity index (χ0v) is 14.9. The number of rotatable bonds is 4. The average Bonchev–Trinajstić information content (AvgIpc) is 2.90. The number of amides is 1. The second-order valence-corrected chi connectivity index (χ2v) is 7.96. The van der Waals surface area contributed by atoms with Crippen LogP contribution < -0.4 is 0 Å². The standard InChI is InChI=1S/C16H27N3O2S/c1-16(2,3)21-15(20)19-8-6-5-7-13(19)10-18(4)11-14-9-17-12-22-14/h9,12-13H,5-8,10-11H2,1-4H3/t13-/m0/s1. The van der Waals surface area contributed by atoms with E-state index < -0.39 is 5.60 Å². The highest BCUT2D eigenvalue weighted by atomic mass is 32.1. The Hall–Kier alpha value is -1.14. The Morgan fingerprint density at radius 1 is 1.50 bits per heavy atom. The van der Waals surface area contributed by atoms with Crippen LogP contribution in [0.5, 0.6) is 0 Å². The molecule has 0 aromatic carbocycles. The number of nitrogens with zero attached hydrogens (tertiary/aromatic N) is 3. The number of likely N-dealkylation sites (N-methyl/N-ethyl adjacent to an activating group) is 1. The Morgan fingerprint density at radius 2 is 2.27 bits per heavy atom. The molecule has 0 aliphatic carbocycles. The lowest BCUT2D eigenvalue weighted by Gasteiger charge is -2.38. The van der Waals surface area contributed by atoms with E-state index in [0.717, 1.165) is 32.5 Å². The van der Waals surface area contributed by atoms with Crippen LogP contribution in [0.1, 0.15) is 44.9 Å². The molecule has 1 saturated heterocycles. The first-order chi connectivity index (χ1) is 10.3. The number of carbonyl (C=O) groups excluding carboxylic acids is 1. The van der Waals surface area contributed by atoms with Crippen LogP contribution in [-0.2, 0) is 11.3 Å². The fraction of sp³-hybridized carbons (Fsp3) is 0.750. The van der Waals surface area contributed by atoms with Gasteiger partial charge in [-0.05, 0) is 47.1 Å². The molecule has 0 saturated carbocycles. The van der Waals surface area contributed by atoms with Gasteiger partial charge in [-0.1, -0.05) is 0 Å². The molecule has 1 aliphatic heterocycles. The van der Waals surface area contributed by atoms with E-state index in [0.29, 0.717) is 0 Å². The van der Waals surface area contributed by atoms with Crippen LogP contribution in [0.4, 0.5) is 4.79 Å². The van der Waals surface area contributed by atoms with Gasteiger partial charge in [0.1, 0.15) is 5.60 Å². The van der Waals surface area contributed by atoms with Gasteiger partial charge in [0.25, 0.3) is 0 Å². The molecule has 124 valence electrons. The van der Waals surface area contributed by atoms with Gasteiger partial charge in [-0.2, -0.15) is 0 Å². The third kappa shape index (κ3) is 5.25. The van der Waals surface area contributed by atoms with E-state index in [9.17, 15) is 4.79 Å². The first-order valence-corrected chi connectivity index (χ1v) is 8.78. The smallest absolute Gasteiger partial charge is 0.410 e. The number of ether oxygens (including phenoxy) is 1. The minimum Gasteiger partial charge on any atom is -0.444 e. The molecule has 0 bridgehead atoms. The number of carbonyl (C=O) groups is 1. The highest BCUT2D eigenvalue weighted by Gasteiger charge is 2.31. The molecule has 5 nitrogen and oxygen atoms in total. The number of hydrogen-bond acceptors (Lipinski definition) is 5. The molecule has 6 heteroatoms. The molecule has 0 unspecified atom stereocenters. The fourth-order valence-electron chi connectivity index (χ4n) is 2.76. The Morgan fingerprint density at radius 3 is 2.91 bits per heavy atom. The minimum absolute atomic E-state index is 0.177. The van der Waals surface area contributed by atoms with Gasteiger partial charge in [0.05, 0.1) is 5.51 Å². The summed E-state index contributed by atoms with van der Waals surface area (Å²) in [5, 5.41) is 0. The van der Waals surface area contributed by atoms with Crippen LogP contribution in [0.3, 0.4) is 0 Å². The van der Waals surface area contributed by atoms with E-state index in [2.05, 4.69) is 16.9 Å². The third-order valence-electron chi connectivity index (χ3n) is 3.69. The van der Waals surface area contributed by atoms with Crippen molar-refractivity contribution >= 4 is 17.4 Å². The van der Waals surface area contributed by atoms with Crippen LogP contribution in [-0.4, -0.2) is 52.7 Å². The fourth-order valence-corrected chi connectivity index (χ4v) is 3.44.